The van der Waals surface area contributed by atoms with E-state index in [1.165, 1.54) is 10.5 Å². The Morgan fingerprint density at radius 2 is 1.81 bits per heavy atom. The van der Waals surface area contributed by atoms with Crippen molar-refractivity contribution < 1.29 is 19.2 Å². The average Bonchev–Trinajstić information content (AvgIpc) is 3.17. The fourth-order valence-corrected chi connectivity index (χ4v) is 3.37. The normalized spacial score (nSPS) is 17.0. The predicted molar refractivity (Wildman–Crippen MR) is 99.5 cm³/mol. The second kappa shape index (κ2) is 7.62. The van der Waals surface area contributed by atoms with E-state index in [2.05, 4.69) is 24.3 Å². The first-order valence-corrected chi connectivity index (χ1v) is 9.04. The lowest BCUT2D eigenvalue weighted by molar-refractivity contribution is -0.898. The molecule has 2 aliphatic heterocycles. The number of fused-ring (bicyclic) bond motifs is 1. The lowest BCUT2D eigenvalue weighted by Crippen LogP contribution is -3.14. The molecule has 0 atom stereocenters. The van der Waals surface area contributed by atoms with Crippen molar-refractivity contribution in [1.29, 1.82) is 0 Å². The van der Waals surface area contributed by atoms with E-state index in [9.17, 15) is 4.79 Å². The van der Waals surface area contributed by atoms with Gasteiger partial charge < -0.3 is 19.3 Å². The molecule has 1 fully saturated rings. The minimum atomic E-state index is 0.0715. The van der Waals surface area contributed by atoms with E-state index in [1.54, 1.807) is 6.07 Å². The Bertz CT molecular complexity index is 796. The fraction of sp³-hybridized carbons (Fsp3) is 0.286. The van der Waals surface area contributed by atoms with Crippen molar-refractivity contribution in [2.24, 2.45) is 0 Å². The number of carbonyl (C=O) groups excluding carboxylic acids is 1. The number of nitrogens with one attached hydrogen (secondary N) is 1. The SMILES string of the molecule is O=C(c1ccc2c(c1)OCO2)N1CC[NH+](CC=Cc2ccccc2)CC1. The van der Waals surface area contributed by atoms with Gasteiger partial charge in [-0.15, -0.1) is 0 Å². The highest BCUT2D eigenvalue weighted by Gasteiger charge is 2.25. The molecule has 26 heavy (non-hydrogen) atoms. The van der Waals surface area contributed by atoms with Crippen molar-refractivity contribution in [2.75, 3.05) is 39.5 Å². The van der Waals surface area contributed by atoms with Crippen LogP contribution in [0.15, 0.2) is 54.6 Å². The summed E-state index contributed by atoms with van der Waals surface area (Å²) in [7, 11) is 0. The molecule has 0 aromatic heterocycles. The van der Waals surface area contributed by atoms with Crippen LogP contribution in [0.4, 0.5) is 0 Å². The molecule has 2 aliphatic rings. The van der Waals surface area contributed by atoms with Gasteiger partial charge in [0.2, 0.25) is 6.79 Å². The van der Waals surface area contributed by atoms with E-state index in [1.807, 2.05) is 35.2 Å². The van der Waals surface area contributed by atoms with Crippen molar-refractivity contribution in [3.8, 4) is 11.5 Å². The minimum absolute atomic E-state index is 0.0715. The Kier molecular flexibility index (Phi) is 4.88. The maximum Gasteiger partial charge on any atom is 0.254 e. The summed E-state index contributed by atoms with van der Waals surface area (Å²) in [6.07, 6.45) is 4.39. The van der Waals surface area contributed by atoms with Gasteiger partial charge in [-0.3, -0.25) is 4.79 Å². The Balaban J connectivity index is 1.29. The van der Waals surface area contributed by atoms with Crippen LogP contribution in [0.3, 0.4) is 0 Å². The van der Waals surface area contributed by atoms with Crippen LogP contribution >= 0.6 is 0 Å². The number of quaternary nitrogens is 1. The van der Waals surface area contributed by atoms with Crippen LogP contribution in [0.5, 0.6) is 11.5 Å². The first-order valence-electron chi connectivity index (χ1n) is 9.04. The average molecular weight is 351 g/mol. The van der Waals surface area contributed by atoms with Gasteiger partial charge in [0.15, 0.2) is 11.5 Å². The lowest BCUT2D eigenvalue weighted by atomic mass is 10.1. The van der Waals surface area contributed by atoms with Crippen molar-refractivity contribution >= 4 is 12.0 Å². The number of carbonyl (C=O) groups is 1. The molecule has 2 aromatic carbocycles. The Morgan fingerprint density at radius 3 is 2.62 bits per heavy atom. The van der Waals surface area contributed by atoms with Gasteiger partial charge >= 0.3 is 0 Å². The molecule has 1 amide bonds. The van der Waals surface area contributed by atoms with Gasteiger partial charge in [0, 0.05) is 5.56 Å². The molecule has 0 spiro atoms. The molecule has 0 radical (unpaired) electrons. The van der Waals surface area contributed by atoms with Crippen LogP contribution < -0.4 is 14.4 Å². The molecule has 5 heteroatoms. The number of benzene rings is 2. The molecule has 0 unspecified atom stereocenters. The zero-order valence-electron chi connectivity index (χ0n) is 14.7. The van der Waals surface area contributed by atoms with Crippen LogP contribution in [0, 0.1) is 0 Å². The van der Waals surface area contributed by atoms with Gasteiger partial charge in [-0.25, -0.2) is 0 Å². The van der Waals surface area contributed by atoms with Gasteiger partial charge in [0.05, 0.1) is 32.7 Å². The zero-order valence-corrected chi connectivity index (χ0v) is 14.7. The number of hydrogen-bond donors (Lipinski definition) is 1. The summed E-state index contributed by atoms with van der Waals surface area (Å²) >= 11 is 0. The van der Waals surface area contributed by atoms with Crippen LogP contribution in [-0.4, -0.2) is 50.3 Å². The van der Waals surface area contributed by atoms with E-state index >= 15 is 0 Å². The number of hydrogen-bond acceptors (Lipinski definition) is 3. The molecule has 1 saturated heterocycles. The quantitative estimate of drug-likeness (QED) is 0.907. The lowest BCUT2D eigenvalue weighted by Gasteiger charge is -2.31. The maximum absolute atomic E-state index is 12.7. The number of rotatable bonds is 4. The molecule has 1 N–H and O–H groups in total. The van der Waals surface area contributed by atoms with Crippen LogP contribution in [0.25, 0.3) is 6.08 Å². The highest BCUT2D eigenvalue weighted by molar-refractivity contribution is 5.95. The molecule has 0 bridgehead atoms. The third-order valence-electron chi connectivity index (χ3n) is 4.89. The Hall–Kier alpha value is -2.79. The van der Waals surface area contributed by atoms with Gasteiger partial charge in [0.25, 0.3) is 5.91 Å². The monoisotopic (exact) mass is 351 g/mol. The summed E-state index contributed by atoms with van der Waals surface area (Å²) in [5.41, 5.74) is 1.89. The molecule has 4 rings (SSSR count). The number of piperazine rings is 1. The van der Waals surface area contributed by atoms with Crippen LogP contribution in [0.2, 0.25) is 0 Å². The fourth-order valence-electron chi connectivity index (χ4n) is 3.37. The van der Waals surface area contributed by atoms with E-state index in [0.29, 0.717) is 17.1 Å². The molecular weight excluding hydrogens is 328 g/mol. The number of ether oxygens (including phenoxy) is 2. The van der Waals surface area contributed by atoms with Gasteiger partial charge in [0.1, 0.15) is 0 Å². The summed E-state index contributed by atoms with van der Waals surface area (Å²) in [5.74, 6) is 1.44. The molecule has 134 valence electrons. The predicted octanol–water partition coefficient (Wildman–Crippen LogP) is 1.47. The standard InChI is InChI=1S/C21H22N2O3/c24-21(18-8-9-19-20(15-18)26-16-25-19)23-13-11-22(12-14-23)10-4-7-17-5-2-1-3-6-17/h1-9,15H,10-14,16H2/p+1. The molecule has 0 saturated carbocycles. The largest absolute Gasteiger partial charge is 0.454 e. The van der Waals surface area contributed by atoms with E-state index in [-0.39, 0.29) is 12.7 Å². The highest BCUT2D eigenvalue weighted by atomic mass is 16.7. The van der Waals surface area contributed by atoms with Crippen LogP contribution in [-0.2, 0) is 0 Å². The second-order valence-corrected chi connectivity index (χ2v) is 6.63. The summed E-state index contributed by atoms with van der Waals surface area (Å²) in [4.78, 5) is 16.2. The number of amides is 1. The van der Waals surface area contributed by atoms with Crippen molar-refractivity contribution in [3.05, 3.63) is 65.7 Å². The molecule has 2 heterocycles. The van der Waals surface area contributed by atoms with Gasteiger partial charge in [-0.05, 0) is 29.8 Å². The molecule has 0 aliphatic carbocycles. The summed E-state index contributed by atoms with van der Waals surface area (Å²) in [6.45, 7) is 4.71. The third-order valence-corrected chi connectivity index (χ3v) is 4.89. The topological polar surface area (TPSA) is 43.2 Å². The first-order chi connectivity index (χ1) is 12.8. The van der Waals surface area contributed by atoms with E-state index < -0.39 is 0 Å². The molecule has 5 nitrogen and oxygen atoms in total. The summed E-state index contributed by atoms with van der Waals surface area (Å²) in [6, 6.07) is 15.7. The van der Waals surface area contributed by atoms with Gasteiger partial charge in [-0.1, -0.05) is 36.4 Å². The second-order valence-electron chi connectivity index (χ2n) is 6.63. The van der Waals surface area contributed by atoms with E-state index in [4.69, 9.17) is 9.47 Å². The number of nitrogens with zero attached hydrogens (tertiary/aromatic N) is 1. The Morgan fingerprint density at radius 1 is 1.04 bits per heavy atom. The van der Waals surface area contributed by atoms with Crippen molar-refractivity contribution in [1.82, 2.24) is 4.90 Å². The first kappa shape index (κ1) is 16.7. The van der Waals surface area contributed by atoms with Crippen molar-refractivity contribution in [2.45, 2.75) is 0 Å². The Labute approximate surface area is 153 Å². The molecular formula is C21H23N2O3+. The van der Waals surface area contributed by atoms with Crippen molar-refractivity contribution in [3.63, 3.8) is 0 Å². The van der Waals surface area contributed by atoms with E-state index in [0.717, 1.165) is 32.7 Å². The maximum atomic E-state index is 12.7. The molecule has 2 aromatic rings. The summed E-state index contributed by atoms with van der Waals surface area (Å²) in [5, 5.41) is 0. The minimum Gasteiger partial charge on any atom is -0.454 e. The zero-order chi connectivity index (χ0) is 17.8. The summed E-state index contributed by atoms with van der Waals surface area (Å²) < 4.78 is 10.7. The van der Waals surface area contributed by atoms with Gasteiger partial charge in [-0.2, -0.15) is 0 Å². The smallest absolute Gasteiger partial charge is 0.254 e. The third kappa shape index (κ3) is 3.73. The highest BCUT2D eigenvalue weighted by Crippen LogP contribution is 2.32. The van der Waals surface area contributed by atoms with Crippen LogP contribution in [0.1, 0.15) is 15.9 Å².